The summed E-state index contributed by atoms with van der Waals surface area (Å²) < 4.78 is 12.8. The molecule has 0 saturated heterocycles. The number of rotatable bonds is 2. The molecule has 0 unspecified atom stereocenters. The van der Waals surface area contributed by atoms with Gasteiger partial charge in [0.1, 0.15) is 5.82 Å². The highest BCUT2D eigenvalue weighted by Crippen LogP contribution is 2.29. The third-order valence-corrected chi connectivity index (χ3v) is 3.07. The van der Waals surface area contributed by atoms with Crippen molar-refractivity contribution in [2.45, 2.75) is 0 Å². The van der Waals surface area contributed by atoms with E-state index in [1.165, 1.54) is 36.4 Å². The molecule has 92 valence electrons. The van der Waals surface area contributed by atoms with Gasteiger partial charge in [-0.1, -0.05) is 23.2 Å². The second-order valence-electron chi connectivity index (χ2n) is 3.69. The summed E-state index contributed by atoms with van der Waals surface area (Å²) in [6.45, 7) is 0. The lowest BCUT2D eigenvalue weighted by molar-refractivity contribution is 0.103. The van der Waals surface area contributed by atoms with Crippen molar-refractivity contribution in [3.05, 3.63) is 63.4 Å². The van der Waals surface area contributed by atoms with Crippen molar-refractivity contribution in [2.24, 2.45) is 0 Å². The average molecular weight is 284 g/mol. The van der Waals surface area contributed by atoms with Gasteiger partial charge in [-0.3, -0.25) is 4.79 Å². The molecule has 0 aromatic heterocycles. The number of carbonyl (C=O) groups excluding carboxylic acids is 1. The molecule has 5 heteroatoms. The van der Waals surface area contributed by atoms with Gasteiger partial charge in [0.05, 0.1) is 15.7 Å². The highest BCUT2D eigenvalue weighted by molar-refractivity contribution is 6.39. The molecule has 18 heavy (non-hydrogen) atoms. The van der Waals surface area contributed by atoms with Crippen LogP contribution in [-0.4, -0.2) is 5.78 Å². The van der Waals surface area contributed by atoms with Gasteiger partial charge in [-0.2, -0.15) is 0 Å². The summed E-state index contributed by atoms with van der Waals surface area (Å²) >= 11 is 11.7. The van der Waals surface area contributed by atoms with Crippen molar-refractivity contribution in [3.8, 4) is 0 Å². The first-order valence-electron chi connectivity index (χ1n) is 5.04. The maximum absolute atomic E-state index is 12.8. The van der Waals surface area contributed by atoms with Crippen molar-refractivity contribution in [2.75, 3.05) is 5.73 Å². The summed E-state index contributed by atoms with van der Waals surface area (Å²) in [5, 5.41) is 0.431. The zero-order valence-electron chi connectivity index (χ0n) is 9.08. The standard InChI is InChI=1S/C13H8Cl2FNO/c14-10-5-8(6-11(15)12(10)17)13(18)7-1-3-9(16)4-2-7/h1-6H,17H2. The third kappa shape index (κ3) is 2.47. The Morgan fingerprint density at radius 1 is 1.00 bits per heavy atom. The Hall–Kier alpha value is -1.58. The Labute approximate surface area is 113 Å². The fourth-order valence-electron chi connectivity index (χ4n) is 1.48. The van der Waals surface area contributed by atoms with Crippen LogP contribution >= 0.6 is 23.2 Å². The Kier molecular flexibility index (Phi) is 3.55. The quantitative estimate of drug-likeness (QED) is 0.670. The second kappa shape index (κ2) is 4.96. The van der Waals surface area contributed by atoms with E-state index in [9.17, 15) is 9.18 Å². The van der Waals surface area contributed by atoms with Gasteiger partial charge < -0.3 is 5.73 Å². The van der Waals surface area contributed by atoms with Crippen LogP contribution in [0.1, 0.15) is 15.9 Å². The number of carbonyl (C=O) groups is 1. The average Bonchev–Trinajstić information content (AvgIpc) is 2.35. The minimum Gasteiger partial charge on any atom is -0.396 e. The Balaban J connectivity index is 2.43. The zero-order chi connectivity index (χ0) is 13.3. The fourth-order valence-corrected chi connectivity index (χ4v) is 1.97. The van der Waals surface area contributed by atoms with Crippen molar-refractivity contribution < 1.29 is 9.18 Å². The van der Waals surface area contributed by atoms with Crippen molar-refractivity contribution >= 4 is 34.7 Å². The normalized spacial score (nSPS) is 10.4. The molecule has 2 nitrogen and oxygen atoms in total. The van der Waals surface area contributed by atoms with E-state index in [-0.39, 0.29) is 21.5 Å². The van der Waals surface area contributed by atoms with Gasteiger partial charge in [0.15, 0.2) is 5.78 Å². The largest absolute Gasteiger partial charge is 0.396 e. The molecule has 0 amide bonds. The number of halogens is 3. The van der Waals surface area contributed by atoms with Crippen molar-refractivity contribution in [1.82, 2.24) is 0 Å². The van der Waals surface area contributed by atoms with E-state index in [0.29, 0.717) is 11.1 Å². The molecule has 0 bridgehead atoms. The summed E-state index contributed by atoms with van der Waals surface area (Å²) in [5.74, 6) is -0.696. The van der Waals surface area contributed by atoms with Gasteiger partial charge in [-0.25, -0.2) is 4.39 Å². The summed E-state index contributed by atoms with van der Waals surface area (Å²) in [6, 6.07) is 8.11. The number of hydrogen-bond donors (Lipinski definition) is 1. The van der Waals surface area contributed by atoms with Gasteiger partial charge in [0.25, 0.3) is 0 Å². The monoisotopic (exact) mass is 283 g/mol. The Bertz CT molecular complexity index is 588. The maximum atomic E-state index is 12.8. The van der Waals surface area contributed by atoms with Crippen LogP contribution in [-0.2, 0) is 0 Å². The predicted molar refractivity (Wildman–Crippen MR) is 70.7 cm³/mol. The molecule has 2 rings (SSSR count). The van der Waals surface area contributed by atoms with Gasteiger partial charge >= 0.3 is 0 Å². The molecular formula is C13H8Cl2FNO. The predicted octanol–water partition coefficient (Wildman–Crippen LogP) is 3.95. The van der Waals surface area contributed by atoms with E-state index in [2.05, 4.69) is 0 Å². The molecule has 0 aliphatic carbocycles. The van der Waals surface area contributed by atoms with Crippen LogP contribution in [0.5, 0.6) is 0 Å². The van der Waals surface area contributed by atoms with Gasteiger partial charge in [0, 0.05) is 11.1 Å². The number of benzene rings is 2. The fraction of sp³-hybridized carbons (Fsp3) is 0. The molecule has 0 aliphatic heterocycles. The lowest BCUT2D eigenvalue weighted by Crippen LogP contribution is -2.02. The lowest BCUT2D eigenvalue weighted by atomic mass is 10.0. The molecular weight excluding hydrogens is 276 g/mol. The minimum absolute atomic E-state index is 0.216. The molecule has 0 radical (unpaired) electrons. The highest BCUT2D eigenvalue weighted by atomic mass is 35.5. The summed E-state index contributed by atoms with van der Waals surface area (Å²) in [7, 11) is 0. The van der Waals surface area contributed by atoms with Crippen LogP contribution in [0.4, 0.5) is 10.1 Å². The number of anilines is 1. The van der Waals surface area contributed by atoms with Crippen LogP contribution in [0.15, 0.2) is 36.4 Å². The molecule has 2 aromatic rings. The van der Waals surface area contributed by atoms with E-state index in [1.54, 1.807) is 0 Å². The van der Waals surface area contributed by atoms with Crippen LogP contribution in [0.25, 0.3) is 0 Å². The smallest absolute Gasteiger partial charge is 0.193 e. The number of nitrogen functional groups attached to an aromatic ring is 1. The molecule has 0 spiro atoms. The van der Waals surface area contributed by atoms with Crippen LogP contribution in [0, 0.1) is 5.82 Å². The van der Waals surface area contributed by atoms with Crippen molar-refractivity contribution in [3.63, 3.8) is 0 Å². The van der Waals surface area contributed by atoms with Gasteiger partial charge in [-0.05, 0) is 36.4 Å². The molecule has 0 atom stereocenters. The Morgan fingerprint density at radius 2 is 1.50 bits per heavy atom. The van der Waals surface area contributed by atoms with E-state index in [1.807, 2.05) is 0 Å². The number of ketones is 1. The highest BCUT2D eigenvalue weighted by Gasteiger charge is 2.13. The molecule has 2 N–H and O–H groups in total. The van der Waals surface area contributed by atoms with E-state index in [0.717, 1.165) is 0 Å². The van der Waals surface area contributed by atoms with E-state index in [4.69, 9.17) is 28.9 Å². The molecule has 0 heterocycles. The topological polar surface area (TPSA) is 43.1 Å². The van der Waals surface area contributed by atoms with E-state index >= 15 is 0 Å². The Morgan fingerprint density at radius 3 is 2.00 bits per heavy atom. The van der Waals surface area contributed by atoms with E-state index < -0.39 is 5.82 Å². The SMILES string of the molecule is Nc1c(Cl)cc(C(=O)c2ccc(F)cc2)cc1Cl. The maximum Gasteiger partial charge on any atom is 0.193 e. The first-order chi connectivity index (χ1) is 8.49. The minimum atomic E-state index is -0.403. The van der Waals surface area contributed by atoms with Gasteiger partial charge in [-0.15, -0.1) is 0 Å². The third-order valence-electron chi connectivity index (χ3n) is 2.45. The first kappa shape index (κ1) is 12.9. The molecule has 2 aromatic carbocycles. The number of nitrogens with two attached hydrogens (primary N) is 1. The number of hydrogen-bond acceptors (Lipinski definition) is 2. The summed E-state index contributed by atoms with van der Waals surface area (Å²) in [4.78, 5) is 12.1. The summed E-state index contributed by atoms with van der Waals surface area (Å²) in [6.07, 6.45) is 0. The molecule has 0 fully saturated rings. The zero-order valence-corrected chi connectivity index (χ0v) is 10.6. The van der Waals surface area contributed by atoms with Crippen LogP contribution in [0.2, 0.25) is 10.0 Å². The van der Waals surface area contributed by atoms with Crippen LogP contribution < -0.4 is 5.73 Å². The molecule has 0 aliphatic rings. The second-order valence-corrected chi connectivity index (χ2v) is 4.50. The summed E-state index contributed by atoms with van der Waals surface area (Å²) in [5.41, 5.74) is 6.48. The van der Waals surface area contributed by atoms with Crippen LogP contribution in [0.3, 0.4) is 0 Å². The lowest BCUT2D eigenvalue weighted by Gasteiger charge is -2.06. The first-order valence-corrected chi connectivity index (χ1v) is 5.79. The van der Waals surface area contributed by atoms with Gasteiger partial charge in [0.2, 0.25) is 0 Å². The molecule has 0 saturated carbocycles. The van der Waals surface area contributed by atoms with Crippen molar-refractivity contribution in [1.29, 1.82) is 0 Å².